The number of pyridine rings is 1. The third-order valence-corrected chi connectivity index (χ3v) is 5.87. The SMILES string of the molecule is Cc1ccc(-c2nc(C)c(C(=O)Nc3ccc(N4C[C@@H](C)O[C@H](C)C4)nc3)s2)o1. The number of ether oxygens (including phenoxy) is 1. The number of carbonyl (C=O) groups excluding carboxylic acids is 1. The summed E-state index contributed by atoms with van der Waals surface area (Å²) in [6.45, 7) is 9.44. The zero-order valence-corrected chi connectivity index (χ0v) is 17.7. The molecule has 7 nitrogen and oxygen atoms in total. The lowest BCUT2D eigenvalue weighted by Gasteiger charge is -2.36. The molecule has 8 heteroatoms. The number of morpholine rings is 1. The third-order valence-electron chi connectivity index (χ3n) is 4.70. The van der Waals surface area contributed by atoms with Gasteiger partial charge in [0.1, 0.15) is 16.5 Å². The molecule has 2 atom stereocenters. The highest BCUT2D eigenvalue weighted by molar-refractivity contribution is 7.17. The molecule has 1 aliphatic heterocycles. The number of thiazole rings is 1. The van der Waals surface area contributed by atoms with Crippen LogP contribution in [-0.4, -0.2) is 41.2 Å². The van der Waals surface area contributed by atoms with Gasteiger partial charge in [-0.2, -0.15) is 0 Å². The average molecular weight is 413 g/mol. The Bertz CT molecular complexity index is 1000. The predicted octanol–water partition coefficient (Wildman–Crippen LogP) is 4.28. The highest BCUT2D eigenvalue weighted by Gasteiger charge is 2.23. The molecule has 3 aromatic heterocycles. The molecule has 1 saturated heterocycles. The van der Waals surface area contributed by atoms with Gasteiger partial charge in [-0.3, -0.25) is 4.79 Å². The summed E-state index contributed by atoms with van der Waals surface area (Å²) in [6, 6.07) is 7.55. The number of nitrogens with zero attached hydrogens (tertiary/aromatic N) is 3. The molecule has 0 radical (unpaired) electrons. The van der Waals surface area contributed by atoms with Crippen molar-refractivity contribution in [2.75, 3.05) is 23.3 Å². The Labute approximate surface area is 173 Å². The van der Waals surface area contributed by atoms with Gasteiger partial charge in [-0.1, -0.05) is 0 Å². The Kier molecular flexibility index (Phi) is 5.38. The van der Waals surface area contributed by atoms with Gasteiger partial charge in [0.2, 0.25) is 0 Å². The van der Waals surface area contributed by atoms with Crippen LogP contribution in [0.1, 0.15) is 35.0 Å². The first kappa shape index (κ1) is 19.6. The van der Waals surface area contributed by atoms with Crippen LogP contribution in [0.3, 0.4) is 0 Å². The van der Waals surface area contributed by atoms with E-state index in [1.54, 1.807) is 6.20 Å². The summed E-state index contributed by atoms with van der Waals surface area (Å²) in [4.78, 5) is 24.5. The second-order valence-electron chi connectivity index (χ2n) is 7.37. The summed E-state index contributed by atoms with van der Waals surface area (Å²) in [6.07, 6.45) is 2.02. The molecule has 0 aromatic carbocycles. The molecule has 3 aromatic rings. The molecule has 1 fully saturated rings. The van der Waals surface area contributed by atoms with Crippen LogP contribution >= 0.6 is 11.3 Å². The summed E-state index contributed by atoms with van der Waals surface area (Å²) < 4.78 is 11.4. The van der Waals surface area contributed by atoms with E-state index in [1.807, 2.05) is 38.1 Å². The molecular formula is C21H24N4O3S. The Hall–Kier alpha value is -2.71. The van der Waals surface area contributed by atoms with Crippen LogP contribution < -0.4 is 10.2 Å². The van der Waals surface area contributed by atoms with Gasteiger partial charge in [0.05, 0.1) is 29.8 Å². The van der Waals surface area contributed by atoms with Gasteiger partial charge in [-0.05, 0) is 52.0 Å². The molecule has 0 unspecified atom stereocenters. The minimum absolute atomic E-state index is 0.168. The molecule has 29 heavy (non-hydrogen) atoms. The maximum absolute atomic E-state index is 12.7. The summed E-state index contributed by atoms with van der Waals surface area (Å²) >= 11 is 1.32. The van der Waals surface area contributed by atoms with Gasteiger partial charge in [-0.25, -0.2) is 9.97 Å². The number of rotatable bonds is 4. The van der Waals surface area contributed by atoms with Crippen molar-refractivity contribution >= 4 is 28.7 Å². The number of aryl methyl sites for hydroxylation is 2. The lowest BCUT2D eigenvalue weighted by Crippen LogP contribution is -2.45. The summed E-state index contributed by atoms with van der Waals surface area (Å²) in [7, 11) is 0. The fraction of sp³-hybridized carbons (Fsp3) is 0.381. The molecule has 1 aliphatic rings. The Morgan fingerprint density at radius 1 is 1.17 bits per heavy atom. The van der Waals surface area contributed by atoms with E-state index < -0.39 is 0 Å². The number of aromatic nitrogens is 2. The van der Waals surface area contributed by atoms with E-state index in [0.717, 1.165) is 24.7 Å². The largest absolute Gasteiger partial charge is 0.459 e. The minimum atomic E-state index is -0.197. The quantitative estimate of drug-likeness (QED) is 0.689. The van der Waals surface area contributed by atoms with E-state index in [0.29, 0.717) is 27.0 Å². The second-order valence-corrected chi connectivity index (χ2v) is 8.36. The number of furan rings is 1. The van der Waals surface area contributed by atoms with E-state index in [-0.39, 0.29) is 18.1 Å². The van der Waals surface area contributed by atoms with Crippen molar-refractivity contribution in [3.05, 3.63) is 46.8 Å². The molecule has 1 N–H and O–H groups in total. The minimum Gasteiger partial charge on any atom is -0.459 e. The zero-order valence-electron chi connectivity index (χ0n) is 16.9. The second kappa shape index (κ2) is 7.96. The van der Waals surface area contributed by atoms with E-state index >= 15 is 0 Å². The summed E-state index contributed by atoms with van der Waals surface area (Å²) in [5.41, 5.74) is 1.33. The smallest absolute Gasteiger partial charge is 0.267 e. The standard InChI is InChI=1S/C21H24N4O3S/c1-12-5-7-17(28-12)21-23-15(4)19(29-21)20(26)24-16-6-8-18(22-9-16)25-10-13(2)27-14(3)11-25/h5-9,13-14H,10-11H2,1-4H3,(H,24,26)/t13-,14-/m1/s1. The van der Waals surface area contributed by atoms with Crippen molar-refractivity contribution in [2.45, 2.75) is 39.9 Å². The third kappa shape index (κ3) is 4.33. The van der Waals surface area contributed by atoms with E-state index in [4.69, 9.17) is 9.15 Å². The lowest BCUT2D eigenvalue weighted by atomic mass is 10.2. The van der Waals surface area contributed by atoms with Crippen LogP contribution in [0.25, 0.3) is 10.8 Å². The molecule has 0 aliphatic carbocycles. The summed E-state index contributed by atoms with van der Waals surface area (Å²) in [5, 5.41) is 3.61. The lowest BCUT2D eigenvalue weighted by molar-refractivity contribution is -0.00545. The van der Waals surface area contributed by atoms with Crippen molar-refractivity contribution in [1.29, 1.82) is 0 Å². The number of hydrogen-bond donors (Lipinski definition) is 1. The van der Waals surface area contributed by atoms with Crippen LogP contribution in [0, 0.1) is 13.8 Å². The van der Waals surface area contributed by atoms with E-state index in [2.05, 4.69) is 34.0 Å². The molecule has 4 heterocycles. The highest BCUT2D eigenvalue weighted by Crippen LogP contribution is 2.30. The molecule has 4 rings (SSSR count). The topological polar surface area (TPSA) is 80.5 Å². The fourth-order valence-corrected chi connectivity index (χ4v) is 4.39. The number of nitrogens with one attached hydrogen (secondary N) is 1. The van der Waals surface area contributed by atoms with E-state index in [1.165, 1.54) is 11.3 Å². The van der Waals surface area contributed by atoms with Crippen molar-refractivity contribution in [3.63, 3.8) is 0 Å². The van der Waals surface area contributed by atoms with Crippen molar-refractivity contribution in [2.24, 2.45) is 0 Å². The normalized spacial score (nSPS) is 19.4. The number of amides is 1. The van der Waals surface area contributed by atoms with Crippen molar-refractivity contribution in [3.8, 4) is 10.8 Å². The highest BCUT2D eigenvalue weighted by atomic mass is 32.1. The molecule has 0 bridgehead atoms. The number of hydrogen-bond acceptors (Lipinski definition) is 7. The van der Waals surface area contributed by atoms with Crippen LogP contribution in [0.15, 0.2) is 34.9 Å². The Balaban J connectivity index is 1.45. The van der Waals surface area contributed by atoms with Gasteiger partial charge in [0.15, 0.2) is 10.8 Å². The summed E-state index contributed by atoms with van der Waals surface area (Å²) in [5.74, 6) is 2.18. The first-order chi connectivity index (χ1) is 13.9. The van der Waals surface area contributed by atoms with Crippen molar-refractivity contribution < 1.29 is 13.9 Å². The Morgan fingerprint density at radius 3 is 2.55 bits per heavy atom. The Morgan fingerprint density at radius 2 is 1.93 bits per heavy atom. The van der Waals surface area contributed by atoms with Crippen LogP contribution in [0.4, 0.5) is 11.5 Å². The van der Waals surface area contributed by atoms with Gasteiger partial charge in [0.25, 0.3) is 5.91 Å². The van der Waals surface area contributed by atoms with Crippen molar-refractivity contribution in [1.82, 2.24) is 9.97 Å². The average Bonchev–Trinajstić information content (AvgIpc) is 3.27. The maximum Gasteiger partial charge on any atom is 0.267 e. The molecule has 152 valence electrons. The van der Waals surface area contributed by atoms with Gasteiger partial charge in [0, 0.05) is 13.1 Å². The number of anilines is 2. The van der Waals surface area contributed by atoms with Gasteiger partial charge in [-0.15, -0.1) is 11.3 Å². The van der Waals surface area contributed by atoms with Crippen LogP contribution in [0.2, 0.25) is 0 Å². The molecule has 0 saturated carbocycles. The fourth-order valence-electron chi connectivity index (χ4n) is 3.46. The van der Waals surface area contributed by atoms with Crippen LogP contribution in [-0.2, 0) is 4.74 Å². The monoisotopic (exact) mass is 412 g/mol. The predicted molar refractivity (Wildman–Crippen MR) is 114 cm³/mol. The van der Waals surface area contributed by atoms with Gasteiger partial charge >= 0.3 is 0 Å². The molecular weight excluding hydrogens is 388 g/mol. The molecule has 0 spiro atoms. The van der Waals surface area contributed by atoms with E-state index in [9.17, 15) is 4.79 Å². The maximum atomic E-state index is 12.7. The van der Waals surface area contributed by atoms with Gasteiger partial charge < -0.3 is 19.4 Å². The first-order valence-corrected chi connectivity index (χ1v) is 10.4. The molecule has 1 amide bonds. The van der Waals surface area contributed by atoms with Crippen LogP contribution in [0.5, 0.6) is 0 Å². The number of carbonyl (C=O) groups is 1. The zero-order chi connectivity index (χ0) is 20.5. The first-order valence-electron chi connectivity index (χ1n) is 9.61.